The number of thiophene rings is 2. The summed E-state index contributed by atoms with van der Waals surface area (Å²) in [4.78, 5) is 56.2. The van der Waals surface area contributed by atoms with Gasteiger partial charge >= 0.3 is 11.8 Å². The molecule has 0 saturated heterocycles. The lowest BCUT2D eigenvalue weighted by Gasteiger charge is -2.04. The second-order valence-corrected chi connectivity index (χ2v) is 13.0. The van der Waals surface area contributed by atoms with E-state index in [2.05, 4.69) is 51.8 Å². The van der Waals surface area contributed by atoms with Crippen LogP contribution in [0.25, 0.3) is 21.1 Å². The van der Waals surface area contributed by atoms with Crippen LogP contribution < -0.4 is 21.3 Å². The van der Waals surface area contributed by atoms with Gasteiger partial charge < -0.3 is 30.2 Å². The van der Waals surface area contributed by atoms with Crippen molar-refractivity contribution in [2.75, 3.05) is 26.2 Å². The molecule has 0 unspecified atom stereocenters. The number of nitrogens with zero attached hydrogens (tertiary/aromatic N) is 4. The fourth-order valence-electron chi connectivity index (χ4n) is 4.66. The second kappa shape index (κ2) is 16.0. The zero-order valence-corrected chi connectivity index (χ0v) is 28.3. The third-order valence-corrected chi connectivity index (χ3v) is 9.16. The van der Waals surface area contributed by atoms with Gasteiger partial charge in [-0.05, 0) is 67.6 Å². The molecule has 0 radical (unpaired) electrons. The summed E-state index contributed by atoms with van der Waals surface area (Å²) in [5.74, 6) is -0.336. The lowest BCUT2D eigenvalue weighted by atomic mass is 10.2. The first-order valence-corrected chi connectivity index (χ1v) is 17.3. The zero-order chi connectivity index (χ0) is 34.9. The number of carbonyl (C=O) groups excluding carboxylic acids is 4. The first-order chi connectivity index (χ1) is 24.3. The Balaban J connectivity index is 0.885. The number of nitrogens with one attached hydrogen (secondary N) is 6. The van der Waals surface area contributed by atoms with Crippen molar-refractivity contribution in [3.8, 4) is 21.1 Å². The largest absolute Gasteiger partial charge is 0.456 e. The molecule has 0 aliphatic carbocycles. The number of furan rings is 1. The molecule has 0 fully saturated rings. The van der Waals surface area contributed by atoms with E-state index in [9.17, 15) is 19.2 Å². The maximum absolute atomic E-state index is 12.6. The Morgan fingerprint density at radius 2 is 1.40 bits per heavy atom. The SMILES string of the molecule is Cc1noc(C(=O)NCCCNC(=O)c2cc(-c3ccc(Cc4ccc(C(=O)NCCCNC(=O)c5cc(-c6cccs6)[nH]n5)o4)s3)[nH]n2)n1. The number of H-pyrrole nitrogens is 2. The van der Waals surface area contributed by atoms with Crippen molar-refractivity contribution < 1.29 is 28.1 Å². The minimum Gasteiger partial charge on any atom is -0.456 e. The van der Waals surface area contributed by atoms with Crippen LogP contribution in [0, 0.1) is 6.92 Å². The van der Waals surface area contributed by atoms with Gasteiger partial charge in [0, 0.05) is 37.5 Å². The minimum atomic E-state index is -0.469. The average Bonchev–Trinajstić information content (AvgIpc) is 3.96. The molecule has 0 aromatic carbocycles. The molecule has 0 aliphatic heterocycles. The van der Waals surface area contributed by atoms with Gasteiger partial charge in [0.15, 0.2) is 23.0 Å². The van der Waals surface area contributed by atoms with Gasteiger partial charge in [-0.15, -0.1) is 22.7 Å². The topological polar surface area (TPSA) is 226 Å². The van der Waals surface area contributed by atoms with Gasteiger partial charge in [0.2, 0.25) is 0 Å². The van der Waals surface area contributed by atoms with Crippen LogP contribution in [0.5, 0.6) is 0 Å². The first kappa shape index (κ1) is 34.0. The van der Waals surface area contributed by atoms with Crippen LogP contribution in [0.3, 0.4) is 0 Å². The van der Waals surface area contributed by atoms with Gasteiger partial charge in [-0.3, -0.25) is 29.4 Å². The van der Waals surface area contributed by atoms with Gasteiger partial charge in [-0.25, -0.2) is 0 Å². The highest BCUT2D eigenvalue weighted by molar-refractivity contribution is 7.15. The van der Waals surface area contributed by atoms with E-state index in [1.165, 1.54) is 11.3 Å². The lowest BCUT2D eigenvalue weighted by Crippen LogP contribution is -2.30. The van der Waals surface area contributed by atoms with Crippen LogP contribution in [0.15, 0.2) is 62.9 Å². The maximum atomic E-state index is 12.6. The molecule has 4 amide bonds. The zero-order valence-electron chi connectivity index (χ0n) is 26.7. The summed E-state index contributed by atoms with van der Waals surface area (Å²) in [7, 11) is 0. The lowest BCUT2D eigenvalue weighted by molar-refractivity contribution is 0.0904. The summed E-state index contributed by atoms with van der Waals surface area (Å²) in [6.45, 7) is 3.00. The van der Waals surface area contributed by atoms with Gasteiger partial charge in [0.05, 0.1) is 21.1 Å². The summed E-state index contributed by atoms with van der Waals surface area (Å²) in [5, 5.41) is 30.6. The van der Waals surface area contributed by atoms with Crippen molar-refractivity contribution in [2.45, 2.75) is 26.2 Å². The second-order valence-electron chi connectivity index (χ2n) is 10.9. The number of aromatic amines is 2. The van der Waals surface area contributed by atoms with Crippen LogP contribution in [-0.2, 0) is 6.42 Å². The Hall–Kier alpha value is -5.88. The van der Waals surface area contributed by atoms with Crippen molar-refractivity contribution in [2.24, 2.45) is 0 Å². The van der Waals surface area contributed by atoms with Crippen molar-refractivity contribution in [1.82, 2.24) is 51.8 Å². The smallest absolute Gasteiger partial charge is 0.315 e. The molecule has 6 aromatic heterocycles. The van der Waals surface area contributed by atoms with E-state index in [-0.39, 0.29) is 35.1 Å². The van der Waals surface area contributed by atoms with E-state index < -0.39 is 5.91 Å². The summed E-state index contributed by atoms with van der Waals surface area (Å²) in [6, 6.07) is 14.5. The predicted molar refractivity (Wildman–Crippen MR) is 183 cm³/mol. The molecule has 6 rings (SSSR count). The predicted octanol–water partition coefficient (Wildman–Crippen LogP) is 3.56. The molecule has 0 bridgehead atoms. The van der Waals surface area contributed by atoms with Crippen molar-refractivity contribution in [3.63, 3.8) is 0 Å². The van der Waals surface area contributed by atoms with E-state index in [1.807, 2.05) is 29.6 Å². The van der Waals surface area contributed by atoms with Crippen LogP contribution >= 0.6 is 22.7 Å². The fraction of sp³-hybridized carbons (Fsp3) is 0.250. The van der Waals surface area contributed by atoms with Crippen LogP contribution in [0.4, 0.5) is 0 Å². The van der Waals surface area contributed by atoms with Crippen LogP contribution in [0.1, 0.15) is 71.5 Å². The summed E-state index contributed by atoms with van der Waals surface area (Å²) < 4.78 is 10.6. The van der Waals surface area contributed by atoms with Gasteiger partial charge in [-0.1, -0.05) is 11.2 Å². The van der Waals surface area contributed by atoms with Crippen LogP contribution in [-0.4, -0.2) is 80.3 Å². The highest BCUT2D eigenvalue weighted by Crippen LogP contribution is 2.29. The molecule has 0 atom stereocenters. The monoisotopic (exact) mass is 716 g/mol. The number of hydrogen-bond acceptors (Lipinski definition) is 12. The van der Waals surface area contributed by atoms with Crippen molar-refractivity contribution in [3.05, 3.63) is 93.4 Å². The quantitative estimate of drug-likeness (QED) is 0.0799. The Morgan fingerprint density at radius 3 is 2.02 bits per heavy atom. The number of rotatable bonds is 16. The molecule has 0 aliphatic rings. The molecule has 6 aromatic rings. The average molecular weight is 717 g/mol. The van der Waals surface area contributed by atoms with Crippen molar-refractivity contribution >= 4 is 46.3 Å². The Bertz CT molecular complexity index is 2070. The molecule has 258 valence electrons. The molecule has 16 nitrogen and oxygen atoms in total. The highest BCUT2D eigenvalue weighted by Gasteiger charge is 2.16. The molecule has 50 heavy (non-hydrogen) atoms. The number of aromatic nitrogens is 6. The highest BCUT2D eigenvalue weighted by atomic mass is 32.1. The summed E-state index contributed by atoms with van der Waals surface area (Å²) in [5.41, 5.74) is 2.03. The van der Waals surface area contributed by atoms with Crippen LogP contribution in [0.2, 0.25) is 0 Å². The van der Waals surface area contributed by atoms with E-state index in [1.54, 1.807) is 42.5 Å². The van der Waals surface area contributed by atoms with Crippen molar-refractivity contribution in [1.29, 1.82) is 0 Å². The fourth-order valence-corrected chi connectivity index (χ4v) is 6.34. The van der Waals surface area contributed by atoms with E-state index in [4.69, 9.17) is 8.94 Å². The third kappa shape index (κ3) is 8.77. The number of aryl methyl sites for hydroxylation is 1. The van der Waals surface area contributed by atoms with Gasteiger partial charge in [0.25, 0.3) is 17.7 Å². The number of hydrogen-bond donors (Lipinski definition) is 6. The van der Waals surface area contributed by atoms with E-state index in [0.29, 0.717) is 68.4 Å². The molecule has 6 heterocycles. The molecular formula is C32H32N10O6S2. The molecule has 0 spiro atoms. The summed E-state index contributed by atoms with van der Waals surface area (Å²) >= 11 is 3.07. The maximum Gasteiger partial charge on any atom is 0.315 e. The number of carbonyl (C=O) groups is 4. The molecule has 0 saturated carbocycles. The molecule has 18 heteroatoms. The standard InChI is InChI=1S/C32H32N10O6S2/c1-18-37-32(48-42-18)31(46)36-13-4-11-34-29(44)24-17-22(39-41-24)27-9-7-20(50-27)15-19-6-8-25(47-19)30(45)35-12-3-10-33-28(43)23-16-21(38-40-23)26-5-2-14-49-26/h2,5-9,14,16-17H,3-4,10-13,15H2,1H3,(H,33,43)(H,34,44)(H,35,45)(H,36,46)(H,38,40)(H,39,41). The molecular weight excluding hydrogens is 685 g/mol. The van der Waals surface area contributed by atoms with Gasteiger partial charge in [-0.2, -0.15) is 15.2 Å². The number of amides is 4. The minimum absolute atomic E-state index is 0.105. The van der Waals surface area contributed by atoms with E-state index >= 15 is 0 Å². The molecule has 6 N–H and O–H groups in total. The third-order valence-electron chi connectivity index (χ3n) is 7.14. The Labute approximate surface area is 292 Å². The van der Waals surface area contributed by atoms with Gasteiger partial charge in [0.1, 0.15) is 5.76 Å². The van der Waals surface area contributed by atoms with E-state index in [0.717, 1.165) is 20.3 Å². The Kier molecular flexibility index (Phi) is 10.9. The summed E-state index contributed by atoms with van der Waals surface area (Å²) in [6.07, 6.45) is 1.51. The normalized spacial score (nSPS) is 11.0. The first-order valence-electron chi connectivity index (χ1n) is 15.6. The Morgan fingerprint density at radius 1 is 0.760 bits per heavy atom.